The van der Waals surface area contributed by atoms with Crippen LogP contribution in [0.2, 0.25) is 0 Å². The van der Waals surface area contributed by atoms with Crippen molar-refractivity contribution in [3.05, 3.63) is 42.6 Å². The standard InChI is InChI=1S/C12H11N3O/c1-9(16)7-12-14-6-4-11(15-12)10-3-2-5-13-8-10/h2-6,8H,7H2,1H3. The predicted octanol–water partition coefficient (Wildman–Crippen LogP) is 1.67. The van der Waals surface area contributed by atoms with Gasteiger partial charge in [-0.1, -0.05) is 0 Å². The van der Waals surface area contributed by atoms with Crippen molar-refractivity contribution in [2.45, 2.75) is 13.3 Å². The van der Waals surface area contributed by atoms with Crippen LogP contribution in [0.3, 0.4) is 0 Å². The number of rotatable bonds is 3. The van der Waals surface area contributed by atoms with Crippen molar-refractivity contribution in [2.75, 3.05) is 0 Å². The van der Waals surface area contributed by atoms with Gasteiger partial charge in [-0.3, -0.25) is 9.78 Å². The van der Waals surface area contributed by atoms with E-state index >= 15 is 0 Å². The summed E-state index contributed by atoms with van der Waals surface area (Å²) in [7, 11) is 0. The van der Waals surface area contributed by atoms with Crippen molar-refractivity contribution >= 4 is 5.78 Å². The van der Waals surface area contributed by atoms with Crippen LogP contribution in [0.4, 0.5) is 0 Å². The second kappa shape index (κ2) is 4.61. The molecule has 16 heavy (non-hydrogen) atoms. The predicted molar refractivity (Wildman–Crippen MR) is 59.6 cm³/mol. The third kappa shape index (κ3) is 2.48. The number of aromatic nitrogens is 3. The molecule has 0 spiro atoms. The fourth-order valence-electron chi connectivity index (χ4n) is 1.38. The van der Waals surface area contributed by atoms with E-state index in [0.29, 0.717) is 5.82 Å². The molecule has 2 aromatic heterocycles. The lowest BCUT2D eigenvalue weighted by Gasteiger charge is -2.01. The van der Waals surface area contributed by atoms with Crippen molar-refractivity contribution in [1.82, 2.24) is 15.0 Å². The third-order valence-electron chi connectivity index (χ3n) is 2.07. The first-order chi connectivity index (χ1) is 7.75. The molecule has 0 radical (unpaired) electrons. The third-order valence-corrected chi connectivity index (χ3v) is 2.07. The monoisotopic (exact) mass is 213 g/mol. The summed E-state index contributed by atoms with van der Waals surface area (Å²) in [6.07, 6.45) is 5.38. The van der Waals surface area contributed by atoms with Gasteiger partial charge in [-0.2, -0.15) is 0 Å². The van der Waals surface area contributed by atoms with Gasteiger partial charge in [0.1, 0.15) is 11.6 Å². The molecule has 0 aliphatic rings. The van der Waals surface area contributed by atoms with Gasteiger partial charge in [0.25, 0.3) is 0 Å². The smallest absolute Gasteiger partial charge is 0.137 e. The molecule has 0 fully saturated rings. The van der Waals surface area contributed by atoms with E-state index in [2.05, 4.69) is 15.0 Å². The molecule has 2 heterocycles. The average Bonchev–Trinajstić information content (AvgIpc) is 2.30. The van der Waals surface area contributed by atoms with Crippen LogP contribution in [0.5, 0.6) is 0 Å². The van der Waals surface area contributed by atoms with Gasteiger partial charge in [-0.05, 0) is 25.1 Å². The van der Waals surface area contributed by atoms with Crippen LogP contribution in [-0.2, 0) is 11.2 Å². The van der Waals surface area contributed by atoms with Gasteiger partial charge in [0.15, 0.2) is 0 Å². The number of ketones is 1. The van der Waals surface area contributed by atoms with E-state index in [0.717, 1.165) is 11.3 Å². The first-order valence-corrected chi connectivity index (χ1v) is 4.97. The molecule has 0 amide bonds. The second-order valence-corrected chi connectivity index (χ2v) is 3.48. The van der Waals surface area contributed by atoms with Crippen molar-refractivity contribution < 1.29 is 4.79 Å². The highest BCUT2D eigenvalue weighted by Crippen LogP contribution is 2.14. The minimum absolute atomic E-state index is 0.0586. The Morgan fingerprint density at radius 2 is 2.19 bits per heavy atom. The van der Waals surface area contributed by atoms with Crippen LogP contribution >= 0.6 is 0 Å². The van der Waals surface area contributed by atoms with Crippen LogP contribution in [0.1, 0.15) is 12.7 Å². The van der Waals surface area contributed by atoms with Gasteiger partial charge in [-0.15, -0.1) is 0 Å². The maximum Gasteiger partial charge on any atom is 0.137 e. The molecule has 4 nitrogen and oxygen atoms in total. The summed E-state index contributed by atoms with van der Waals surface area (Å²) in [5.74, 6) is 0.609. The highest BCUT2D eigenvalue weighted by molar-refractivity contribution is 5.77. The Kier molecular flexibility index (Phi) is 3.00. The van der Waals surface area contributed by atoms with E-state index < -0.39 is 0 Å². The zero-order valence-corrected chi connectivity index (χ0v) is 8.92. The highest BCUT2D eigenvalue weighted by Gasteiger charge is 2.04. The number of carbonyl (C=O) groups is 1. The number of carbonyl (C=O) groups excluding carboxylic acids is 1. The summed E-state index contributed by atoms with van der Waals surface area (Å²) in [6, 6.07) is 5.58. The van der Waals surface area contributed by atoms with Crippen LogP contribution < -0.4 is 0 Å². The molecule has 0 aromatic carbocycles. The lowest BCUT2D eigenvalue weighted by Crippen LogP contribution is -2.02. The SMILES string of the molecule is CC(=O)Cc1nccc(-c2cccnc2)n1. The Morgan fingerprint density at radius 1 is 1.31 bits per heavy atom. The van der Waals surface area contributed by atoms with E-state index in [1.54, 1.807) is 24.7 Å². The number of hydrogen-bond acceptors (Lipinski definition) is 4. The molecule has 0 aliphatic heterocycles. The Morgan fingerprint density at radius 3 is 2.88 bits per heavy atom. The lowest BCUT2D eigenvalue weighted by molar-refractivity contribution is -0.116. The minimum atomic E-state index is 0.0586. The highest BCUT2D eigenvalue weighted by atomic mass is 16.1. The molecule has 0 saturated heterocycles. The van der Waals surface area contributed by atoms with Gasteiger partial charge in [0.2, 0.25) is 0 Å². The number of hydrogen-bond donors (Lipinski definition) is 0. The molecule has 2 rings (SSSR count). The Labute approximate surface area is 93.4 Å². The van der Waals surface area contributed by atoms with Gasteiger partial charge < -0.3 is 0 Å². The molecule has 4 heteroatoms. The van der Waals surface area contributed by atoms with Crippen LogP contribution in [0.15, 0.2) is 36.8 Å². The number of nitrogens with zero attached hydrogens (tertiary/aromatic N) is 3. The molecular formula is C12H11N3O. The Hall–Kier alpha value is -2.10. The largest absolute Gasteiger partial charge is 0.300 e. The summed E-state index contributed by atoms with van der Waals surface area (Å²) in [4.78, 5) is 23.4. The van der Waals surface area contributed by atoms with Crippen molar-refractivity contribution in [1.29, 1.82) is 0 Å². The molecule has 0 unspecified atom stereocenters. The van der Waals surface area contributed by atoms with E-state index in [9.17, 15) is 4.79 Å². The maximum absolute atomic E-state index is 11.0. The fraction of sp³-hybridized carbons (Fsp3) is 0.167. The molecule has 0 N–H and O–H groups in total. The molecule has 0 atom stereocenters. The van der Waals surface area contributed by atoms with Crippen LogP contribution in [0, 0.1) is 0 Å². The summed E-state index contributed by atoms with van der Waals surface area (Å²) >= 11 is 0. The first kappa shape index (κ1) is 10.4. The Bertz CT molecular complexity index is 497. The van der Waals surface area contributed by atoms with Gasteiger partial charge in [0, 0.05) is 24.2 Å². The summed E-state index contributed by atoms with van der Waals surface area (Å²) in [5, 5.41) is 0. The van der Waals surface area contributed by atoms with Crippen LogP contribution in [-0.4, -0.2) is 20.7 Å². The van der Waals surface area contributed by atoms with Gasteiger partial charge >= 0.3 is 0 Å². The van der Waals surface area contributed by atoms with Gasteiger partial charge in [0.05, 0.1) is 12.1 Å². The zero-order valence-electron chi connectivity index (χ0n) is 8.92. The fourth-order valence-corrected chi connectivity index (χ4v) is 1.38. The average molecular weight is 213 g/mol. The van der Waals surface area contributed by atoms with E-state index in [-0.39, 0.29) is 12.2 Å². The molecule has 2 aromatic rings. The second-order valence-electron chi connectivity index (χ2n) is 3.48. The quantitative estimate of drug-likeness (QED) is 0.778. The number of pyridine rings is 1. The molecule has 0 saturated carbocycles. The minimum Gasteiger partial charge on any atom is -0.300 e. The summed E-state index contributed by atoms with van der Waals surface area (Å²) in [5.41, 5.74) is 1.72. The molecule has 0 aliphatic carbocycles. The molecule has 80 valence electrons. The van der Waals surface area contributed by atoms with E-state index in [1.165, 1.54) is 6.92 Å². The first-order valence-electron chi connectivity index (χ1n) is 4.97. The van der Waals surface area contributed by atoms with E-state index in [4.69, 9.17) is 0 Å². The lowest BCUT2D eigenvalue weighted by atomic mass is 10.2. The normalized spacial score (nSPS) is 10.1. The zero-order chi connectivity index (χ0) is 11.4. The molecule has 0 bridgehead atoms. The van der Waals surface area contributed by atoms with Crippen molar-refractivity contribution in [3.8, 4) is 11.3 Å². The number of Topliss-reactive ketones (excluding diaryl/α,β-unsaturated/α-hetero) is 1. The Balaban J connectivity index is 2.33. The van der Waals surface area contributed by atoms with Crippen LogP contribution in [0.25, 0.3) is 11.3 Å². The summed E-state index contributed by atoms with van der Waals surface area (Å²) < 4.78 is 0. The van der Waals surface area contributed by atoms with Crippen molar-refractivity contribution in [3.63, 3.8) is 0 Å². The van der Waals surface area contributed by atoms with E-state index in [1.807, 2.05) is 12.1 Å². The topological polar surface area (TPSA) is 55.7 Å². The van der Waals surface area contributed by atoms with Gasteiger partial charge in [-0.25, -0.2) is 9.97 Å². The molecular weight excluding hydrogens is 202 g/mol. The maximum atomic E-state index is 11.0. The van der Waals surface area contributed by atoms with Crippen molar-refractivity contribution in [2.24, 2.45) is 0 Å². The summed E-state index contributed by atoms with van der Waals surface area (Å²) in [6.45, 7) is 1.53.